The summed E-state index contributed by atoms with van der Waals surface area (Å²) in [6, 6.07) is 6.29. The first-order chi connectivity index (χ1) is 9.65. The van der Waals surface area contributed by atoms with Crippen molar-refractivity contribution < 1.29 is 14.3 Å². The maximum Gasteiger partial charge on any atom is 0.413 e. The molecule has 116 valence electrons. The number of carbonyl (C=O) groups is 2. The number of aryl methyl sites for hydroxylation is 1. The number of nitrogens with one attached hydrogen (secondary N) is 1. The second-order valence-electron chi connectivity index (χ2n) is 5.97. The molecule has 0 saturated carbocycles. The number of thioether (sulfide) groups is 1. The van der Waals surface area contributed by atoms with Crippen molar-refractivity contribution in [2.24, 2.45) is 0 Å². The Labute approximate surface area is 130 Å². The summed E-state index contributed by atoms with van der Waals surface area (Å²) in [5, 5.41) is 1.82. The van der Waals surface area contributed by atoms with Gasteiger partial charge in [0.1, 0.15) is 0 Å². The van der Waals surface area contributed by atoms with Crippen LogP contribution in [0.2, 0.25) is 0 Å². The van der Waals surface area contributed by atoms with Crippen LogP contribution in [0.15, 0.2) is 23.1 Å². The smallest absolute Gasteiger partial charge is 0.413 e. The SMILES string of the molecule is COC(=O)NC(=O)[C@@H](C)Sc1cc(C(C)(C)C)ccc1C. The second kappa shape index (κ2) is 6.98. The lowest BCUT2D eigenvalue weighted by Crippen LogP contribution is -2.35. The lowest BCUT2D eigenvalue weighted by atomic mass is 9.87. The van der Waals surface area contributed by atoms with Crippen molar-refractivity contribution in [3.63, 3.8) is 0 Å². The van der Waals surface area contributed by atoms with E-state index in [0.717, 1.165) is 10.5 Å². The Bertz CT molecular complexity index is 535. The molecule has 0 bridgehead atoms. The quantitative estimate of drug-likeness (QED) is 0.866. The van der Waals surface area contributed by atoms with Gasteiger partial charge in [-0.2, -0.15) is 0 Å². The van der Waals surface area contributed by atoms with E-state index in [0.29, 0.717) is 0 Å². The van der Waals surface area contributed by atoms with Gasteiger partial charge < -0.3 is 4.74 Å². The van der Waals surface area contributed by atoms with E-state index < -0.39 is 6.09 Å². The van der Waals surface area contributed by atoms with E-state index in [1.54, 1.807) is 6.92 Å². The molecule has 0 aromatic heterocycles. The number of hydrogen-bond acceptors (Lipinski definition) is 4. The third kappa shape index (κ3) is 5.08. The summed E-state index contributed by atoms with van der Waals surface area (Å²) in [4.78, 5) is 24.0. The van der Waals surface area contributed by atoms with Crippen LogP contribution in [0.1, 0.15) is 38.8 Å². The Morgan fingerprint density at radius 2 is 1.90 bits per heavy atom. The summed E-state index contributed by atoms with van der Waals surface area (Å²) in [5.41, 5.74) is 2.39. The number of methoxy groups -OCH3 is 1. The largest absolute Gasteiger partial charge is 0.453 e. The van der Waals surface area contributed by atoms with Crippen molar-refractivity contribution in [3.8, 4) is 0 Å². The molecule has 4 nitrogen and oxygen atoms in total. The van der Waals surface area contributed by atoms with Gasteiger partial charge >= 0.3 is 6.09 Å². The lowest BCUT2D eigenvalue weighted by Gasteiger charge is -2.21. The minimum absolute atomic E-state index is 0.0561. The molecule has 1 rings (SSSR count). The predicted molar refractivity (Wildman–Crippen MR) is 85.7 cm³/mol. The van der Waals surface area contributed by atoms with Crippen LogP contribution in [0.5, 0.6) is 0 Å². The average Bonchev–Trinajstić information content (AvgIpc) is 2.39. The Hall–Kier alpha value is -1.49. The van der Waals surface area contributed by atoms with Gasteiger partial charge in [0, 0.05) is 4.90 Å². The molecule has 1 N–H and O–H groups in total. The first kappa shape index (κ1) is 17.6. The molecule has 0 fully saturated rings. The monoisotopic (exact) mass is 309 g/mol. The van der Waals surface area contributed by atoms with E-state index >= 15 is 0 Å². The van der Waals surface area contributed by atoms with Gasteiger partial charge in [-0.3, -0.25) is 10.1 Å². The molecule has 0 heterocycles. The van der Waals surface area contributed by atoms with Crippen LogP contribution in [0.3, 0.4) is 0 Å². The van der Waals surface area contributed by atoms with Crippen molar-refractivity contribution in [1.29, 1.82) is 0 Å². The Morgan fingerprint density at radius 3 is 2.43 bits per heavy atom. The number of ether oxygens (including phenoxy) is 1. The zero-order valence-electron chi connectivity index (χ0n) is 13.4. The predicted octanol–water partition coefficient (Wildman–Crippen LogP) is 3.66. The van der Waals surface area contributed by atoms with E-state index in [2.05, 4.69) is 49.0 Å². The zero-order chi connectivity index (χ0) is 16.2. The van der Waals surface area contributed by atoms with Gasteiger partial charge in [-0.1, -0.05) is 32.9 Å². The fourth-order valence-electron chi connectivity index (χ4n) is 1.69. The number of rotatable bonds is 3. The van der Waals surface area contributed by atoms with Crippen LogP contribution >= 0.6 is 11.8 Å². The van der Waals surface area contributed by atoms with Crippen molar-refractivity contribution in [3.05, 3.63) is 29.3 Å². The van der Waals surface area contributed by atoms with Gasteiger partial charge in [0.25, 0.3) is 0 Å². The summed E-state index contributed by atoms with van der Waals surface area (Å²) in [6.07, 6.45) is -0.729. The van der Waals surface area contributed by atoms with Crippen molar-refractivity contribution in [2.45, 2.75) is 50.2 Å². The van der Waals surface area contributed by atoms with Gasteiger partial charge in [-0.05, 0) is 36.5 Å². The number of hydrogen-bond donors (Lipinski definition) is 1. The standard InChI is InChI=1S/C16H23NO3S/c1-10-7-8-12(16(3,4)5)9-13(10)21-11(2)14(18)17-15(19)20-6/h7-9,11H,1-6H3,(H,17,18,19)/t11-/m1/s1. The maximum absolute atomic E-state index is 11.9. The third-order valence-electron chi connectivity index (χ3n) is 3.14. The second-order valence-corrected chi connectivity index (χ2v) is 7.35. The topological polar surface area (TPSA) is 55.4 Å². The molecule has 0 aliphatic carbocycles. The minimum Gasteiger partial charge on any atom is -0.453 e. The van der Waals surface area contributed by atoms with Crippen molar-refractivity contribution >= 4 is 23.8 Å². The first-order valence-corrected chi connectivity index (χ1v) is 7.69. The first-order valence-electron chi connectivity index (χ1n) is 6.81. The number of alkyl carbamates (subject to hydrolysis) is 1. The van der Waals surface area contributed by atoms with Crippen LogP contribution in [0, 0.1) is 6.92 Å². The Morgan fingerprint density at radius 1 is 1.29 bits per heavy atom. The van der Waals surface area contributed by atoms with Gasteiger partial charge in [0.05, 0.1) is 12.4 Å². The molecule has 1 atom stereocenters. The average molecular weight is 309 g/mol. The summed E-state index contributed by atoms with van der Waals surface area (Å²) >= 11 is 1.44. The zero-order valence-corrected chi connectivity index (χ0v) is 14.3. The molecule has 21 heavy (non-hydrogen) atoms. The Balaban J connectivity index is 2.87. The van der Waals surface area contributed by atoms with Crippen LogP contribution in [0.25, 0.3) is 0 Å². The fraction of sp³-hybridized carbons (Fsp3) is 0.500. The van der Waals surface area contributed by atoms with Crippen LogP contribution in [0.4, 0.5) is 4.79 Å². The number of carbonyl (C=O) groups excluding carboxylic acids is 2. The van der Waals surface area contributed by atoms with Gasteiger partial charge in [0.15, 0.2) is 0 Å². The summed E-state index contributed by atoms with van der Waals surface area (Å²) in [5.74, 6) is -0.354. The number of benzene rings is 1. The normalized spacial score (nSPS) is 12.7. The number of amides is 2. The van der Waals surface area contributed by atoms with Crippen molar-refractivity contribution in [1.82, 2.24) is 5.32 Å². The van der Waals surface area contributed by atoms with Crippen LogP contribution < -0.4 is 5.32 Å². The summed E-state index contributed by atoms with van der Waals surface area (Å²) < 4.78 is 4.43. The number of imide groups is 1. The highest BCUT2D eigenvalue weighted by molar-refractivity contribution is 8.00. The van der Waals surface area contributed by atoms with E-state index in [9.17, 15) is 9.59 Å². The van der Waals surface area contributed by atoms with E-state index in [1.165, 1.54) is 24.4 Å². The van der Waals surface area contributed by atoms with Gasteiger partial charge in [0.2, 0.25) is 5.91 Å². The summed E-state index contributed by atoms with van der Waals surface area (Å²) in [6.45, 7) is 10.2. The molecule has 0 unspecified atom stereocenters. The molecule has 2 amide bonds. The molecule has 0 aliphatic rings. The molecular weight excluding hydrogens is 286 g/mol. The highest BCUT2D eigenvalue weighted by Gasteiger charge is 2.20. The molecule has 0 spiro atoms. The van der Waals surface area contributed by atoms with E-state index in [4.69, 9.17) is 0 Å². The molecule has 1 aromatic rings. The highest BCUT2D eigenvalue weighted by atomic mass is 32.2. The van der Waals surface area contributed by atoms with Crippen LogP contribution in [-0.4, -0.2) is 24.4 Å². The maximum atomic E-state index is 11.9. The molecule has 5 heteroatoms. The fourth-order valence-corrected chi connectivity index (χ4v) is 2.69. The third-order valence-corrected chi connectivity index (χ3v) is 4.40. The van der Waals surface area contributed by atoms with Gasteiger partial charge in [-0.15, -0.1) is 11.8 Å². The van der Waals surface area contributed by atoms with Crippen molar-refractivity contribution in [2.75, 3.05) is 7.11 Å². The Kier molecular flexibility index (Phi) is 5.84. The molecule has 0 radical (unpaired) electrons. The van der Waals surface area contributed by atoms with Gasteiger partial charge in [-0.25, -0.2) is 4.79 Å². The van der Waals surface area contributed by atoms with E-state index in [1.807, 2.05) is 6.92 Å². The minimum atomic E-state index is -0.729. The molecular formula is C16H23NO3S. The lowest BCUT2D eigenvalue weighted by molar-refractivity contribution is -0.119. The summed E-state index contributed by atoms with van der Waals surface area (Å²) in [7, 11) is 1.23. The molecule has 0 saturated heterocycles. The molecule has 1 aromatic carbocycles. The highest BCUT2D eigenvalue weighted by Crippen LogP contribution is 2.31. The molecule has 0 aliphatic heterocycles. The van der Waals surface area contributed by atoms with E-state index in [-0.39, 0.29) is 16.6 Å². The van der Waals surface area contributed by atoms with Crippen LogP contribution in [-0.2, 0) is 14.9 Å².